The van der Waals surface area contributed by atoms with E-state index < -0.39 is 0 Å². The van der Waals surface area contributed by atoms with Gasteiger partial charge in [0.2, 0.25) is 5.82 Å². The zero-order valence-electron chi connectivity index (χ0n) is 14.4. The van der Waals surface area contributed by atoms with Crippen LogP contribution in [0.4, 0.5) is 0 Å². The van der Waals surface area contributed by atoms with Gasteiger partial charge in [0.05, 0.1) is 18.3 Å². The first-order valence-electron chi connectivity index (χ1n) is 9.01. The number of aryl methyl sites for hydroxylation is 2. The van der Waals surface area contributed by atoms with E-state index in [9.17, 15) is 9.90 Å². The van der Waals surface area contributed by atoms with Gasteiger partial charge >= 0.3 is 0 Å². The van der Waals surface area contributed by atoms with Crippen LogP contribution in [0.5, 0.6) is 0 Å². The predicted molar refractivity (Wildman–Crippen MR) is 89.7 cm³/mol. The molecule has 2 aromatic rings. The first-order chi connectivity index (χ1) is 12.1. The van der Waals surface area contributed by atoms with Crippen LogP contribution in [0.1, 0.15) is 60.2 Å². The summed E-state index contributed by atoms with van der Waals surface area (Å²) in [5.74, 6) is 1.32. The van der Waals surface area contributed by atoms with Crippen LogP contribution in [-0.4, -0.2) is 41.7 Å². The minimum atomic E-state index is -0.273. The fourth-order valence-corrected chi connectivity index (χ4v) is 3.83. The van der Waals surface area contributed by atoms with Crippen molar-refractivity contribution >= 4 is 5.91 Å². The zero-order chi connectivity index (χ0) is 17.4. The molecule has 0 radical (unpaired) electrons. The molecule has 4 rings (SSSR count). The zero-order valence-corrected chi connectivity index (χ0v) is 14.4. The van der Waals surface area contributed by atoms with Crippen molar-refractivity contribution < 1.29 is 9.90 Å². The van der Waals surface area contributed by atoms with Crippen LogP contribution in [0, 0.1) is 5.92 Å². The van der Waals surface area contributed by atoms with Gasteiger partial charge in [-0.3, -0.25) is 9.48 Å². The number of hydrogen-bond donors (Lipinski definition) is 2. The van der Waals surface area contributed by atoms with Gasteiger partial charge < -0.3 is 15.0 Å². The fourth-order valence-electron chi connectivity index (χ4n) is 3.83. The summed E-state index contributed by atoms with van der Waals surface area (Å²) in [5, 5.41) is 25.4. The Morgan fingerprint density at radius 3 is 2.88 bits per heavy atom. The van der Waals surface area contributed by atoms with Crippen molar-refractivity contribution in [3.05, 3.63) is 29.6 Å². The first-order valence-corrected chi connectivity index (χ1v) is 9.01. The molecule has 0 bridgehead atoms. The number of carbonyl (C=O) groups excluding carboxylic acids is 1. The summed E-state index contributed by atoms with van der Waals surface area (Å²) in [5.41, 5.74) is 0.961. The van der Waals surface area contributed by atoms with E-state index in [1.54, 1.807) is 10.9 Å². The molecule has 0 saturated heterocycles. The van der Waals surface area contributed by atoms with Crippen molar-refractivity contribution in [2.24, 2.45) is 13.0 Å². The second kappa shape index (κ2) is 6.59. The van der Waals surface area contributed by atoms with Crippen molar-refractivity contribution in [2.75, 3.05) is 0 Å². The third-order valence-electron chi connectivity index (χ3n) is 5.30. The van der Waals surface area contributed by atoms with Gasteiger partial charge in [-0.05, 0) is 31.6 Å². The first kappa shape index (κ1) is 16.3. The van der Waals surface area contributed by atoms with Gasteiger partial charge in [0.15, 0.2) is 0 Å². The van der Waals surface area contributed by atoms with Crippen molar-refractivity contribution in [3.63, 3.8) is 0 Å². The number of amides is 1. The maximum Gasteiger partial charge on any atom is 0.289 e. The minimum absolute atomic E-state index is 0.164. The number of carbonyl (C=O) groups is 1. The second-order valence-electron chi connectivity index (χ2n) is 7.19. The van der Waals surface area contributed by atoms with Crippen LogP contribution in [0.2, 0.25) is 0 Å². The lowest BCUT2D eigenvalue weighted by molar-refractivity contribution is 0.0233. The van der Waals surface area contributed by atoms with Crippen molar-refractivity contribution in [1.82, 2.24) is 29.9 Å². The number of aliphatic hydroxyl groups is 1. The van der Waals surface area contributed by atoms with E-state index in [-0.39, 0.29) is 24.0 Å². The highest BCUT2D eigenvalue weighted by Gasteiger charge is 2.37. The highest BCUT2D eigenvalue weighted by atomic mass is 16.3. The Morgan fingerprint density at radius 2 is 2.16 bits per heavy atom. The summed E-state index contributed by atoms with van der Waals surface area (Å²) >= 11 is 0. The molecule has 134 valence electrons. The molecule has 1 aliphatic heterocycles. The van der Waals surface area contributed by atoms with E-state index in [1.807, 2.05) is 17.8 Å². The second-order valence-corrected chi connectivity index (χ2v) is 7.19. The maximum absolute atomic E-state index is 12.9. The highest BCUT2D eigenvalue weighted by molar-refractivity contribution is 5.91. The molecule has 1 saturated carbocycles. The molecule has 0 spiro atoms. The molecule has 25 heavy (non-hydrogen) atoms. The van der Waals surface area contributed by atoms with Crippen LogP contribution in [-0.2, 0) is 20.0 Å². The minimum Gasteiger partial charge on any atom is -0.393 e. The van der Waals surface area contributed by atoms with Crippen molar-refractivity contribution in [3.8, 4) is 0 Å². The molecule has 2 aromatic heterocycles. The normalized spacial score (nSPS) is 24.1. The molecule has 2 aliphatic rings. The SMILES string of the molecule is Cn1cc([C@H](NC(=O)c2nnc3n2CCCCC3)C2CC(O)C2)cn1. The van der Waals surface area contributed by atoms with E-state index in [2.05, 4.69) is 20.6 Å². The summed E-state index contributed by atoms with van der Waals surface area (Å²) in [4.78, 5) is 12.9. The lowest BCUT2D eigenvalue weighted by atomic mass is 9.75. The topological polar surface area (TPSA) is 97.9 Å². The van der Waals surface area contributed by atoms with Crippen LogP contribution < -0.4 is 5.32 Å². The Hall–Kier alpha value is -2.22. The molecule has 8 nitrogen and oxygen atoms in total. The van der Waals surface area contributed by atoms with Crippen LogP contribution >= 0.6 is 0 Å². The van der Waals surface area contributed by atoms with E-state index in [1.165, 1.54) is 0 Å². The lowest BCUT2D eigenvalue weighted by Crippen LogP contribution is -2.42. The van der Waals surface area contributed by atoms with Gasteiger partial charge in [0, 0.05) is 31.8 Å². The molecule has 3 heterocycles. The predicted octanol–water partition coefficient (Wildman–Crippen LogP) is 0.980. The molecule has 1 fully saturated rings. The summed E-state index contributed by atoms with van der Waals surface area (Å²) in [6.07, 6.45) is 8.98. The fraction of sp³-hybridized carbons (Fsp3) is 0.647. The molecule has 0 unspecified atom stereocenters. The average Bonchev–Trinajstić information content (AvgIpc) is 3.10. The number of rotatable bonds is 4. The highest BCUT2D eigenvalue weighted by Crippen LogP contribution is 2.38. The molecule has 0 aromatic carbocycles. The Morgan fingerprint density at radius 1 is 1.32 bits per heavy atom. The number of nitrogens with one attached hydrogen (secondary N) is 1. The van der Waals surface area contributed by atoms with Crippen LogP contribution in [0.15, 0.2) is 12.4 Å². The quantitative estimate of drug-likeness (QED) is 0.862. The number of hydrogen-bond acceptors (Lipinski definition) is 5. The van der Waals surface area contributed by atoms with Gasteiger partial charge in [-0.2, -0.15) is 5.10 Å². The van der Waals surface area contributed by atoms with Gasteiger partial charge in [0.1, 0.15) is 5.82 Å². The number of aliphatic hydroxyl groups excluding tert-OH is 1. The van der Waals surface area contributed by atoms with Crippen LogP contribution in [0.3, 0.4) is 0 Å². The third-order valence-corrected chi connectivity index (χ3v) is 5.30. The number of fused-ring (bicyclic) bond motifs is 1. The van der Waals surface area contributed by atoms with Gasteiger partial charge in [-0.15, -0.1) is 10.2 Å². The summed E-state index contributed by atoms with van der Waals surface area (Å²) in [6, 6.07) is -0.164. The largest absolute Gasteiger partial charge is 0.393 e. The molecule has 8 heteroatoms. The van der Waals surface area contributed by atoms with Gasteiger partial charge in [-0.25, -0.2) is 0 Å². The monoisotopic (exact) mass is 344 g/mol. The molecular weight excluding hydrogens is 320 g/mol. The molecular formula is C17H24N6O2. The molecule has 2 N–H and O–H groups in total. The summed E-state index contributed by atoms with van der Waals surface area (Å²) in [6.45, 7) is 0.796. The molecule has 1 aliphatic carbocycles. The van der Waals surface area contributed by atoms with E-state index in [0.717, 1.165) is 43.6 Å². The summed E-state index contributed by atoms with van der Waals surface area (Å²) < 4.78 is 3.69. The Bertz CT molecular complexity index is 761. The number of aromatic nitrogens is 5. The summed E-state index contributed by atoms with van der Waals surface area (Å²) in [7, 11) is 1.86. The van der Waals surface area contributed by atoms with Gasteiger partial charge in [0.25, 0.3) is 5.91 Å². The maximum atomic E-state index is 12.9. The molecule has 1 atom stereocenters. The lowest BCUT2D eigenvalue weighted by Gasteiger charge is -2.37. The van der Waals surface area contributed by atoms with E-state index in [0.29, 0.717) is 18.7 Å². The smallest absolute Gasteiger partial charge is 0.289 e. The van der Waals surface area contributed by atoms with Crippen molar-refractivity contribution in [2.45, 2.75) is 57.2 Å². The van der Waals surface area contributed by atoms with Gasteiger partial charge in [-0.1, -0.05) is 6.42 Å². The third kappa shape index (κ3) is 3.18. The van der Waals surface area contributed by atoms with Crippen molar-refractivity contribution in [1.29, 1.82) is 0 Å². The van der Waals surface area contributed by atoms with E-state index in [4.69, 9.17) is 0 Å². The molecule has 1 amide bonds. The average molecular weight is 344 g/mol. The Balaban J connectivity index is 1.56. The van der Waals surface area contributed by atoms with E-state index >= 15 is 0 Å². The Kier molecular flexibility index (Phi) is 4.29. The standard InChI is InChI=1S/C17H24N6O2/c1-22-10-12(9-18-22)15(11-7-13(24)8-11)19-17(25)16-21-20-14-5-3-2-4-6-23(14)16/h9-11,13,15,24H,2-8H2,1H3,(H,19,25)/t11?,13?,15-/m1/s1. The van der Waals surface area contributed by atoms with Crippen LogP contribution in [0.25, 0.3) is 0 Å². The number of nitrogens with zero attached hydrogens (tertiary/aromatic N) is 5. The Labute approximate surface area is 146 Å².